The molecule has 3 rings (SSSR count). The van der Waals surface area contributed by atoms with Gasteiger partial charge >= 0.3 is 6.03 Å². The lowest BCUT2D eigenvalue weighted by Crippen LogP contribution is -2.51. The van der Waals surface area contributed by atoms with E-state index in [2.05, 4.69) is 15.5 Å². The van der Waals surface area contributed by atoms with Crippen LogP contribution in [0.5, 0.6) is 0 Å². The van der Waals surface area contributed by atoms with Crippen molar-refractivity contribution < 1.29 is 9.59 Å². The van der Waals surface area contributed by atoms with E-state index in [1.54, 1.807) is 0 Å². The predicted octanol–water partition coefficient (Wildman–Crippen LogP) is 3.11. The van der Waals surface area contributed by atoms with Crippen LogP contribution in [-0.2, 0) is 11.2 Å². The number of hydrogen-bond acceptors (Lipinski definition) is 3. The Morgan fingerprint density at radius 3 is 2.25 bits per heavy atom. The number of benzene rings is 2. The van der Waals surface area contributed by atoms with Gasteiger partial charge in [0, 0.05) is 50.5 Å². The van der Waals surface area contributed by atoms with Gasteiger partial charge in [0.1, 0.15) is 0 Å². The summed E-state index contributed by atoms with van der Waals surface area (Å²) >= 11 is 0. The van der Waals surface area contributed by atoms with Crippen molar-refractivity contribution in [1.29, 1.82) is 0 Å². The third-order valence-corrected chi connectivity index (χ3v) is 4.89. The summed E-state index contributed by atoms with van der Waals surface area (Å²) in [5, 5.41) is 5.80. The number of carbonyl (C=O) groups is 2. The molecule has 0 aliphatic carbocycles. The molecule has 0 atom stereocenters. The third-order valence-electron chi connectivity index (χ3n) is 4.89. The highest BCUT2D eigenvalue weighted by Gasteiger charge is 2.20. The Labute approximate surface area is 166 Å². The van der Waals surface area contributed by atoms with Gasteiger partial charge in [-0.25, -0.2) is 4.79 Å². The first-order valence-electron chi connectivity index (χ1n) is 9.87. The van der Waals surface area contributed by atoms with Gasteiger partial charge in [0.25, 0.3) is 0 Å². The summed E-state index contributed by atoms with van der Waals surface area (Å²) in [7, 11) is 0. The Morgan fingerprint density at radius 1 is 0.929 bits per heavy atom. The van der Waals surface area contributed by atoms with E-state index in [4.69, 9.17) is 0 Å². The Hall–Kier alpha value is -3.02. The lowest BCUT2D eigenvalue weighted by molar-refractivity contribution is -0.116. The molecule has 0 spiro atoms. The molecule has 2 aromatic rings. The Morgan fingerprint density at radius 2 is 1.61 bits per heavy atom. The van der Waals surface area contributed by atoms with Crippen LogP contribution >= 0.6 is 0 Å². The molecule has 0 aromatic heterocycles. The molecular formula is C22H28N4O2. The van der Waals surface area contributed by atoms with Crippen molar-refractivity contribution >= 4 is 23.3 Å². The Kier molecular flexibility index (Phi) is 6.89. The first kappa shape index (κ1) is 19.7. The van der Waals surface area contributed by atoms with Crippen LogP contribution in [0.4, 0.5) is 16.2 Å². The van der Waals surface area contributed by atoms with Crippen molar-refractivity contribution in [1.82, 2.24) is 10.2 Å². The summed E-state index contributed by atoms with van der Waals surface area (Å²) in [6.07, 6.45) is 1.20. The van der Waals surface area contributed by atoms with E-state index in [1.165, 1.54) is 5.56 Å². The first-order chi connectivity index (χ1) is 13.7. The molecule has 2 aromatic carbocycles. The van der Waals surface area contributed by atoms with Gasteiger partial charge in [-0.1, -0.05) is 30.3 Å². The number of anilines is 2. The summed E-state index contributed by atoms with van der Waals surface area (Å²) in [5.41, 5.74) is 3.08. The molecule has 1 heterocycles. The normalized spacial score (nSPS) is 13.9. The van der Waals surface area contributed by atoms with Crippen molar-refractivity contribution in [3.63, 3.8) is 0 Å². The fourth-order valence-corrected chi connectivity index (χ4v) is 3.31. The van der Waals surface area contributed by atoms with E-state index in [1.807, 2.05) is 66.4 Å². The van der Waals surface area contributed by atoms with Gasteiger partial charge in [-0.3, -0.25) is 4.79 Å². The van der Waals surface area contributed by atoms with Crippen LogP contribution in [0.15, 0.2) is 54.6 Å². The monoisotopic (exact) mass is 380 g/mol. The average molecular weight is 380 g/mol. The van der Waals surface area contributed by atoms with E-state index >= 15 is 0 Å². The molecule has 3 amide bonds. The van der Waals surface area contributed by atoms with Gasteiger partial charge in [0.05, 0.1) is 0 Å². The van der Waals surface area contributed by atoms with Gasteiger partial charge in [-0.05, 0) is 43.2 Å². The van der Waals surface area contributed by atoms with Crippen LogP contribution in [0.1, 0.15) is 18.9 Å². The van der Waals surface area contributed by atoms with Crippen molar-refractivity contribution in [2.45, 2.75) is 19.8 Å². The molecule has 0 bridgehead atoms. The van der Waals surface area contributed by atoms with Gasteiger partial charge < -0.3 is 20.4 Å². The summed E-state index contributed by atoms with van der Waals surface area (Å²) < 4.78 is 0. The van der Waals surface area contributed by atoms with Crippen LogP contribution in [0, 0.1) is 0 Å². The van der Waals surface area contributed by atoms with Crippen LogP contribution in [0.2, 0.25) is 0 Å². The molecule has 28 heavy (non-hydrogen) atoms. The lowest BCUT2D eigenvalue weighted by atomic mass is 10.1. The second kappa shape index (κ2) is 9.78. The highest BCUT2D eigenvalue weighted by Crippen LogP contribution is 2.20. The molecule has 6 heteroatoms. The smallest absolute Gasteiger partial charge is 0.317 e. The second-order valence-electron chi connectivity index (χ2n) is 6.89. The highest BCUT2D eigenvalue weighted by atomic mass is 16.2. The SMILES string of the molecule is CCNC(=O)N1CCN(c2ccc(NC(=O)CCc3ccccc3)cc2)CC1. The largest absolute Gasteiger partial charge is 0.368 e. The number of carbonyl (C=O) groups excluding carboxylic acids is 2. The zero-order valence-electron chi connectivity index (χ0n) is 16.4. The summed E-state index contributed by atoms with van der Waals surface area (Å²) in [4.78, 5) is 28.2. The second-order valence-corrected chi connectivity index (χ2v) is 6.89. The van der Waals surface area contributed by atoms with Crippen LogP contribution < -0.4 is 15.5 Å². The van der Waals surface area contributed by atoms with Crippen molar-refractivity contribution in [3.05, 3.63) is 60.2 Å². The quantitative estimate of drug-likeness (QED) is 0.809. The molecule has 1 fully saturated rings. The molecule has 2 N–H and O–H groups in total. The van der Waals surface area contributed by atoms with Crippen molar-refractivity contribution in [3.8, 4) is 0 Å². The van der Waals surface area contributed by atoms with Crippen LogP contribution in [0.25, 0.3) is 0 Å². The van der Waals surface area contributed by atoms with Gasteiger partial charge in [-0.15, -0.1) is 0 Å². The molecular weight excluding hydrogens is 352 g/mol. The first-order valence-corrected chi connectivity index (χ1v) is 9.87. The molecule has 0 unspecified atom stereocenters. The molecule has 0 radical (unpaired) electrons. The number of urea groups is 1. The third kappa shape index (κ3) is 5.49. The van der Waals surface area contributed by atoms with E-state index in [9.17, 15) is 9.59 Å². The molecule has 0 saturated carbocycles. The Bertz CT molecular complexity index is 769. The number of amides is 3. The van der Waals surface area contributed by atoms with Gasteiger partial charge in [0.15, 0.2) is 0 Å². The molecule has 6 nitrogen and oxygen atoms in total. The van der Waals surface area contributed by atoms with E-state index in [0.29, 0.717) is 26.1 Å². The van der Waals surface area contributed by atoms with E-state index in [0.717, 1.165) is 30.9 Å². The van der Waals surface area contributed by atoms with E-state index < -0.39 is 0 Å². The maximum atomic E-state index is 12.2. The maximum absolute atomic E-state index is 12.2. The van der Waals surface area contributed by atoms with Crippen LogP contribution in [0.3, 0.4) is 0 Å². The molecule has 1 saturated heterocycles. The molecule has 1 aliphatic rings. The molecule has 1 aliphatic heterocycles. The number of piperazine rings is 1. The fourth-order valence-electron chi connectivity index (χ4n) is 3.31. The summed E-state index contributed by atoms with van der Waals surface area (Å²) in [5.74, 6) is 0.0205. The van der Waals surface area contributed by atoms with Crippen molar-refractivity contribution in [2.24, 2.45) is 0 Å². The highest BCUT2D eigenvalue weighted by molar-refractivity contribution is 5.91. The minimum atomic E-state index is 0.00992. The number of nitrogens with zero attached hydrogens (tertiary/aromatic N) is 2. The standard InChI is InChI=1S/C22H28N4O2/c1-2-23-22(28)26-16-14-25(15-17-26)20-11-9-19(10-12-20)24-21(27)13-8-18-6-4-3-5-7-18/h3-7,9-12H,2,8,13-17H2,1H3,(H,23,28)(H,24,27). The minimum absolute atomic E-state index is 0.00992. The summed E-state index contributed by atoms with van der Waals surface area (Å²) in [6.45, 7) is 5.61. The van der Waals surface area contributed by atoms with Crippen LogP contribution in [-0.4, -0.2) is 49.6 Å². The lowest BCUT2D eigenvalue weighted by Gasteiger charge is -2.36. The van der Waals surface area contributed by atoms with Gasteiger partial charge in [0.2, 0.25) is 5.91 Å². The predicted molar refractivity (Wildman–Crippen MR) is 113 cm³/mol. The average Bonchev–Trinajstić information content (AvgIpc) is 2.74. The zero-order chi connectivity index (χ0) is 19.8. The summed E-state index contributed by atoms with van der Waals surface area (Å²) in [6, 6.07) is 18.0. The number of hydrogen-bond donors (Lipinski definition) is 2. The molecule has 148 valence electrons. The minimum Gasteiger partial charge on any atom is -0.368 e. The topological polar surface area (TPSA) is 64.7 Å². The number of rotatable bonds is 6. The maximum Gasteiger partial charge on any atom is 0.317 e. The number of aryl methyl sites for hydroxylation is 1. The van der Waals surface area contributed by atoms with Gasteiger partial charge in [-0.2, -0.15) is 0 Å². The van der Waals surface area contributed by atoms with E-state index in [-0.39, 0.29) is 11.9 Å². The van der Waals surface area contributed by atoms with Crippen molar-refractivity contribution in [2.75, 3.05) is 42.9 Å². The number of nitrogens with one attached hydrogen (secondary N) is 2. The fraction of sp³-hybridized carbons (Fsp3) is 0.364. The zero-order valence-corrected chi connectivity index (χ0v) is 16.4. The Balaban J connectivity index is 1.46.